The number of alkyl halides is 1. The van der Waals surface area contributed by atoms with Gasteiger partial charge in [0.25, 0.3) is 5.56 Å². The van der Waals surface area contributed by atoms with Crippen LogP contribution >= 0.6 is 0 Å². The van der Waals surface area contributed by atoms with Crippen molar-refractivity contribution in [2.75, 3.05) is 6.61 Å². The van der Waals surface area contributed by atoms with Crippen molar-refractivity contribution in [1.82, 2.24) is 9.55 Å². The van der Waals surface area contributed by atoms with Gasteiger partial charge in [0.15, 0.2) is 18.5 Å². The molecular weight excluding hydrogens is 447 g/mol. The van der Waals surface area contributed by atoms with Gasteiger partial charge in [0.1, 0.15) is 12.7 Å². The number of nitrogens with one attached hydrogen (secondary N) is 1. The third-order valence-electron chi connectivity index (χ3n) is 5.31. The van der Waals surface area contributed by atoms with Gasteiger partial charge in [-0.25, -0.2) is 18.8 Å². The third kappa shape index (κ3) is 4.96. The smallest absolute Gasteiger partial charge is 0.338 e. The van der Waals surface area contributed by atoms with Gasteiger partial charge in [-0.15, -0.1) is 0 Å². The van der Waals surface area contributed by atoms with Gasteiger partial charge in [0.2, 0.25) is 0 Å². The van der Waals surface area contributed by atoms with Crippen molar-refractivity contribution >= 4 is 11.9 Å². The first-order chi connectivity index (χ1) is 16.3. The molecule has 4 rings (SSSR count). The van der Waals surface area contributed by atoms with Crippen LogP contribution in [0.5, 0.6) is 0 Å². The Bertz CT molecular complexity index is 1290. The molecule has 10 heteroatoms. The molecule has 1 fully saturated rings. The topological polar surface area (TPSA) is 117 Å². The van der Waals surface area contributed by atoms with Gasteiger partial charge in [-0.2, -0.15) is 0 Å². The molecule has 4 atom stereocenters. The Hall–Kier alpha value is -4.05. The van der Waals surface area contributed by atoms with Crippen LogP contribution in [0.1, 0.15) is 32.5 Å². The first kappa shape index (κ1) is 23.1. The Labute approximate surface area is 192 Å². The number of aryl methyl sites for hydroxylation is 1. The lowest BCUT2D eigenvalue weighted by Gasteiger charge is -2.19. The summed E-state index contributed by atoms with van der Waals surface area (Å²) in [5, 5.41) is 0. The number of esters is 2. The van der Waals surface area contributed by atoms with E-state index in [1.807, 2.05) is 11.9 Å². The highest BCUT2D eigenvalue weighted by molar-refractivity contribution is 5.90. The van der Waals surface area contributed by atoms with E-state index in [0.29, 0.717) is 0 Å². The van der Waals surface area contributed by atoms with Gasteiger partial charge in [-0.3, -0.25) is 14.3 Å². The molecule has 34 heavy (non-hydrogen) atoms. The molecule has 0 bridgehead atoms. The van der Waals surface area contributed by atoms with E-state index in [9.17, 15) is 19.2 Å². The van der Waals surface area contributed by atoms with Gasteiger partial charge in [-0.05, 0) is 31.2 Å². The summed E-state index contributed by atoms with van der Waals surface area (Å²) in [4.78, 5) is 50.6. The summed E-state index contributed by atoms with van der Waals surface area (Å²) in [5.41, 5.74) is -0.129. The van der Waals surface area contributed by atoms with Crippen LogP contribution in [0.25, 0.3) is 0 Å². The second-order valence-electron chi connectivity index (χ2n) is 7.73. The van der Waals surface area contributed by atoms with Crippen molar-refractivity contribution in [2.45, 2.75) is 31.5 Å². The minimum atomic E-state index is -1.99. The molecule has 0 unspecified atom stereocenters. The largest absolute Gasteiger partial charge is 0.459 e. The number of benzene rings is 2. The maximum atomic E-state index is 15.4. The summed E-state index contributed by atoms with van der Waals surface area (Å²) >= 11 is 0. The van der Waals surface area contributed by atoms with Crippen molar-refractivity contribution in [3.05, 3.63) is 104 Å². The summed E-state index contributed by atoms with van der Waals surface area (Å²) in [7, 11) is 0. The summed E-state index contributed by atoms with van der Waals surface area (Å²) in [6.45, 7) is 1.43. The van der Waals surface area contributed by atoms with E-state index in [0.717, 1.165) is 22.4 Å². The highest BCUT2D eigenvalue weighted by Crippen LogP contribution is 2.33. The predicted molar refractivity (Wildman–Crippen MR) is 117 cm³/mol. The number of carbonyl (C=O) groups is 2. The molecule has 0 amide bonds. The minimum Gasteiger partial charge on any atom is -0.459 e. The zero-order chi connectivity index (χ0) is 24.2. The van der Waals surface area contributed by atoms with Crippen LogP contribution in [-0.2, 0) is 14.2 Å². The normalized spacial score (nSPS) is 21.7. The van der Waals surface area contributed by atoms with E-state index in [1.165, 1.54) is 12.1 Å². The van der Waals surface area contributed by atoms with Crippen LogP contribution in [0, 0.1) is 6.92 Å². The molecule has 1 aliphatic heterocycles. The number of halogens is 1. The molecule has 3 aromatic rings. The molecule has 9 nitrogen and oxygen atoms in total. The molecule has 176 valence electrons. The predicted octanol–water partition coefficient (Wildman–Crippen LogP) is 2.16. The molecule has 2 aromatic carbocycles. The molecule has 0 saturated carbocycles. The van der Waals surface area contributed by atoms with Crippen LogP contribution in [0.4, 0.5) is 4.39 Å². The molecule has 1 saturated heterocycles. The molecule has 1 aliphatic rings. The average Bonchev–Trinajstić information content (AvgIpc) is 3.13. The average molecular weight is 468 g/mol. The summed E-state index contributed by atoms with van der Waals surface area (Å²) in [5.74, 6) is -1.47. The monoisotopic (exact) mass is 468 g/mol. The van der Waals surface area contributed by atoms with Crippen molar-refractivity contribution < 1.29 is 28.2 Å². The molecule has 0 radical (unpaired) electrons. The second-order valence-corrected chi connectivity index (χ2v) is 7.73. The number of rotatable bonds is 6. The Morgan fingerprint density at radius 2 is 1.68 bits per heavy atom. The van der Waals surface area contributed by atoms with Crippen molar-refractivity contribution in [2.24, 2.45) is 0 Å². The first-order valence-corrected chi connectivity index (χ1v) is 10.4. The molecule has 0 aliphatic carbocycles. The maximum Gasteiger partial charge on any atom is 0.338 e. The maximum absolute atomic E-state index is 15.4. The lowest BCUT2D eigenvalue weighted by Crippen LogP contribution is -2.38. The van der Waals surface area contributed by atoms with E-state index in [-0.39, 0.29) is 11.1 Å². The highest BCUT2D eigenvalue weighted by Gasteiger charge is 2.49. The molecule has 1 aromatic heterocycles. The summed E-state index contributed by atoms with van der Waals surface area (Å²) in [6.07, 6.45) is -5.11. The fourth-order valence-corrected chi connectivity index (χ4v) is 3.52. The standard InChI is InChI=1S/C24H21FN2O7/c1-14-7-9-16(10-8-14)22(29)32-13-17-20(34-23(30)15-5-3-2-4-6-15)19(25)21(33-17)27-12-11-18(28)26-24(27)31/h2-12,17,19-21H,13H2,1H3,(H,26,28,31)/t17-,19+,20-,21-/m1/s1. The number of ether oxygens (including phenoxy) is 3. The van der Waals surface area contributed by atoms with E-state index in [2.05, 4.69) is 0 Å². The molecule has 0 spiro atoms. The van der Waals surface area contributed by atoms with Crippen LogP contribution in [0.15, 0.2) is 76.4 Å². The Morgan fingerprint density at radius 1 is 1.00 bits per heavy atom. The molecule has 1 N–H and O–H groups in total. The van der Waals surface area contributed by atoms with Gasteiger partial charge < -0.3 is 14.2 Å². The molecule has 2 heterocycles. The van der Waals surface area contributed by atoms with Gasteiger partial charge >= 0.3 is 17.6 Å². The molecular formula is C24H21FN2O7. The second kappa shape index (κ2) is 9.84. The van der Waals surface area contributed by atoms with Crippen molar-refractivity contribution in [3.8, 4) is 0 Å². The van der Waals surface area contributed by atoms with Crippen LogP contribution in [0.3, 0.4) is 0 Å². The Balaban J connectivity index is 1.56. The van der Waals surface area contributed by atoms with E-state index < -0.39 is 54.4 Å². The van der Waals surface area contributed by atoms with E-state index in [4.69, 9.17) is 14.2 Å². The quantitative estimate of drug-likeness (QED) is 0.551. The summed E-state index contributed by atoms with van der Waals surface area (Å²) in [6, 6.07) is 15.6. The van der Waals surface area contributed by atoms with Crippen molar-refractivity contribution in [1.29, 1.82) is 0 Å². The van der Waals surface area contributed by atoms with Crippen LogP contribution in [-0.4, -0.2) is 46.5 Å². The SMILES string of the molecule is Cc1ccc(C(=O)OC[C@H]2O[C@@H](n3ccc(=O)[nH]c3=O)[C@@H](F)[C@@H]2OC(=O)c2ccccc2)cc1. The Morgan fingerprint density at radius 3 is 2.35 bits per heavy atom. The highest BCUT2D eigenvalue weighted by atomic mass is 19.1. The Kier molecular flexibility index (Phi) is 6.69. The lowest BCUT2D eigenvalue weighted by atomic mass is 10.1. The van der Waals surface area contributed by atoms with Crippen LogP contribution < -0.4 is 11.2 Å². The van der Waals surface area contributed by atoms with Gasteiger partial charge in [-0.1, -0.05) is 35.9 Å². The number of aromatic amines is 1. The minimum absolute atomic E-state index is 0.190. The number of hydrogen-bond acceptors (Lipinski definition) is 7. The van der Waals surface area contributed by atoms with Gasteiger partial charge in [0, 0.05) is 12.3 Å². The number of H-pyrrole nitrogens is 1. The number of nitrogens with zero attached hydrogens (tertiary/aromatic N) is 1. The summed E-state index contributed by atoms with van der Waals surface area (Å²) < 4.78 is 32.6. The van der Waals surface area contributed by atoms with Gasteiger partial charge in [0.05, 0.1) is 11.1 Å². The fourth-order valence-electron chi connectivity index (χ4n) is 3.52. The van der Waals surface area contributed by atoms with E-state index >= 15 is 4.39 Å². The first-order valence-electron chi connectivity index (χ1n) is 10.4. The zero-order valence-corrected chi connectivity index (χ0v) is 18.1. The lowest BCUT2D eigenvalue weighted by molar-refractivity contribution is -0.0592. The number of aromatic nitrogens is 2. The van der Waals surface area contributed by atoms with Crippen LogP contribution in [0.2, 0.25) is 0 Å². The number of hydrogen-bond donors (Lipinski definition) is 1. The van der Waals surface area contributed by atoms with Crippen molar-refractivity contribution in [3.63, 3.8) is 0 Å². The zero-order valence-electron chi connectivity index (χ0n) is 18.1. The third-order valence-corrected chi connectivity index (χ3v) is 5.31. The van der Waals surface area contributed by atoms with E-state index in [1.54, 1.807) is 42.5 Å². The number of carbonyl (C=O) groups excluding carboxylic acids is 2. The fraction of sp³-hybridized carbons (Fsp3) is 0.250.